The highest BCUT2D eigenvalue weighted by molar-refractivity contribution is 5.92. The Hall–Kier alpha value is -2.50. The molecule has 0 aliphatic heterocycles. The molecule has 0 radical (unpaired) electrons. The molecule has 22 heavy (non-hydrogen) atoms. The highest BCUT2D eigenvalue weighted by Crippen LogP contribution is 2.07. The third-order valence-electron chi connectivity index (χ3n) is 3.09. The Labute approximate surface area is 129 Å². The van der Waals surface area contributed by atoms with Gasteiger partial charge in [0.2, 0.25) is 0 Å². The first-order chi connectivity index (χ1) is 10.7. The maximum Gasteiger partial charge on any atom is 0.270 e. The molecule has 0 saturated heterocycles. The zero-order valence-corrected chi connectivity index (χ0v) is 12.5. The molecule has 2 N–H and O–H groups in total. The highest BCUT2D eigenvalue weighted by atomic mass is 19.1. The lowest BCUT2D eigenvalue weighted by Gasteiger charge is -2.07. The summed E-state index contributed by atoms with van der Waals surface area (Å²) in [6, 6.07) is 8.14. The van der Waals surface area contributed by atoms with Crippen molar-refractivity contribution in [1.29, 1.82) is 0 Å². The van der Waals surface area contributed by atoms with Crippen molar-refractivity contribution in [2.24, 2.45) is 0 Å². The van der Waals surface area contributed by atoms with Crippen LogP contribution in [0.25, 0.3) is 0 Å². The van der Waals surface area contributed by atoms with Crippen LogP contribution in [0.4, 0.5) is 10.2 Å². The minimum Gasteiger partial charge on any atom is -0.370 e. The van der Waals surface area contributed by atoms with Gasteiger partial charge in [0.05, 0.1) is 0 Å². The summed E-state index contributed by atoms with van der Waals surface area (Å²) in [7, 11) is 0. The van der Waals surface area contributed by atoms with Crippen LogP contribution in [-0.4, -0.2) is 29.0 Å². The molecule has 6 heteroatoms. The normalized spacial score (nSPS) is 10.3. The smallest absolute Gasteiger partial charge is 0.270 e. The summed E-state index contributed by atoms with van der Waals surface area (Å²) in [5.74, 6) is 0.0687. The van der Waals surface area contributed by atoms with E-state index in [0.717, 1.165) is 13.0 Å². The van der Waals surface area contributed by atoms with Crippen molar-refractivity contribution in [1.82, 2.24) is 15.3 Å². The Balaban J connectivity index is 1.88. The molecule has 116 valence electrons. The predicted octanol–water partition coefficient (Wildman–Crippen LogP) is 2.41. The standard InChI is InChI=1S/C16H19FN4O/c1-2-8-18-15-10-14(20-11-21-15)16(22)19-9-7-12-5-3-4-6-13(12)17/h3-6,10-11H,2,7-9H2,1H3,(H,19,22)(H,18,20,21). The SMILES string of the molecule is CCCNc1cc(C(=O)NCCc2ccccc2F)ncn1. The van der Waals surface area contributed by atoms with Crippen LogP contribution in [0.15, 0.2) is 36.7 Å². The Morgan fingerprint density at radius 3 is 2.82 bits per heavy atom. The van der Waals surface area contributed by atoms with Gasteiger partial charge < -0.3 is 10.6 Å². The van der Waals surface area contributed by atoms with Gasteiger partial charge in [0.15, 0.2) is 0 Å². The van der Waals surface area contributed by atoms with Crippen LogP contribution < -0.4 is 10.6 Å². The first kappa shape index (κ1) is 15.9. The summed E-state index contributed by atoms with van der Waals surface area (Å²) in [4.78, 5) is 20.0. The lowest BCUT2D eigenvalue weighted by Crippen LogP contribution is -2.27. The van der Waals surface area contributed by atoms with E-state index in [2.05, 4.69) is 20.6 Å². The molecule has 0 bridgehead atoms. The fraction of sp³-hybridized carbons (Fsp3) is 0.312. The number of benzene rings is 1. The van der Waals surface area contributed by atoms with Gasteiger partial charge in [-0.1, -0.05) is 25.1 Å². The molecule has 0 aliphatic carbocycles. The van der Waals surface area contributed by atoms with Crippen LogP contribution in [0.3, 0.4) is 0 Å². The molecule has 2 aromatic rings. The minimum atomic E-state index is -0.293. The van der Waals surface area contributed by atoms with Gasteiger partial charge in [-0.25, -0.2) is 14.4 Å². The number of carbonyl (C=O) groups excluding carboxylic acids is 1. The lowest BCUT2D eigenvalue weighted by atomic mass is 10.1. The van der Waals surface area contributed by atoms with Gasteiger partial charge in [-0.3, -0.25) is 4.79 Å². The number of rotatable bonds is 7. The van der Waals surface area contributed by atoms with E-state index in [-0.39, 0.29) is 11.7 Å². The van der Waals surface area contributed by atoms with Crippen molar-refractivity contribution in [3.05, 3.63) is 53.7 Å². The second-order valence-electron chi connectivity index (χ2n) is 4.81. The zero-order chi connectivity index (χ0) is 15.8. The van der Waals surface area contributed by atoms with Crippen molar-refractivity contribution in [2.75, 3.05) is 18.4 Å². The maximum absolute atomic E-state index is 13.5. The molecule has 0 saturated carbocycles. The fourth-order valence-corrected chi connectivity index (χ4v) is 1.93. The quantitative estimate of drug-likeness (QED) is 0.824. The molecule has 0 unspecified atom stereocenters. The molecule has 0 atom stereocenters. The lowest BCUT2D eigenvalue weighted by molar-refractivity contribution is 0.0949. The van der Waals surface area contributed by atoms with E-state index >= 15 is 0 Å². The van der Waals surface area contributed by atoms with Crippen LogP contribution in [0.2, 0.25) is 0 Å². The Bertz CT molecular complexity index is 633. The first-order valence-corrected chi connectivity index (χ1v) is 7.28. The predicted molar refractivity (Wildman–Crippen MR) is 83.2 cm³/mol. The summed E-state index contributed by atoms with van der Waals surface area (Å²) in [6.07, 6.45) is 2.75. The number of aromatic nitrogens is 2. The van der Waals surface area contributed by atoms with Crippen molar-refractivity contribution >= 4 is 11.7 Å². The van der Waals surface area contributed by atoms with Gasteiger partial charge in [-0.05, 0) is 24.5 Å². The molecule has 0 fully saturated rings. The number of anilines is 1. The Morgan fingerprint density at radius 2 is 2.05 bits per heavy atom. The number of hydrogen-bond acceptors (Lipinski definition) is 4. The number of amides is 1. The molecule has 1 aromatic carbocycles. The molecular formula is C16H19FN4O. The third kappa shape index (κ3) is 4.51. The second kappa shape index (κ2) is 8.07. The van der Waals surface area contributed by atoms with Crippen LogP contribution in [-0.2, 0) is 6.42 Å². The van der Waals surface area contributed by atoms with Gasteiger partial charge in [0.25, 0.3) is 5.91 Å². The molecule has 5 nitrogen and oxygen atoms in total. The third-order valence-corrected chi connectivity index (χ3v) is 3.09. The fourth-order valence-electron chi connectivity index (χ4n) is 1.93. The summed E-state index contributed by atoms with van der Waals surface area (Å²) < 4.78 is 13.5. The van der Waals surface area contributed by atoms with Crippen molar-refractivity contribution < 1.29 is 9.18 Å². The molecule has 1 aromatic heterocycles. The second-order valence-corrected chi connectivity index (χ2v) is 4.81. The van der Waals surface area contributed by atoms with Gasteiger partial charge in [-0.2, -0.15) is 0 Å². The van der Waals surface area contributed by atoms with E-state index in [1.165, 1.54) is 12.4 Å². The average Bonchev–Trinajstić information content (AvgIpc) is 2.55. The molecule has 0 spiro atoms. The number of carbonyl (C=O) groups is 1. The number of nitrogens with one attached hydrogen (secondary N) is 2. The van der Waals surface area contributed by atoms with Gasteiger partial charge in [0.1, 0.15) is 23.7 Å². The van der Waals surface area contributed by atoms with Crippen molar-refractivity contribution in [3.63, 3.8) is 0 Å². The Kier molecular flexibility index (Phi) is 5.82. The number of hydrogen-bond donors (Lipinski definition) is 2. The molecule has 0 aliphatic rings. The average molecular weight is 302 g/mol. The largest absolute Gasteiger partial charge is 0.370 e. The van der Waals surface area contributed by atoms with Crippen LogP contribution >= 0.6 is 0 Å². The highest BCUT2D eigenvalue weighted by Gasteiger charge is 2.08. The topological polar surface area (TPSA) is 66.9 Å². The van der Waals surface area contributed by atoms with E-state index in [9.17, 15) is 9.18 Å². The van der Waals surface area contributed by atoms with Gasteiger partial charge in [-0.15, -0.1) is 0 Å². The van der Waals surface area contributed by atoms with Crippen molar-refractivity contribution in [3.8, 4) is 0 Å². The van der Waals surface area contributed by atoms with Crippen LogP contribution in [0.1, 0.15) is 29.4 Å². The molecule has 1 heterocycles. The maximum atomic E-state index is 13.5. The van der Waals surface area contributed by atoms with Gasteiger partial charge >= 0.3 is 0 Å². The molecule has 2 rings (SSSR count). The van der Waals surface area contributed by atoms with E-state index < -0.39 is 0 Å². The van der Waals surface area contributed by atoms with E-state index in [1.807, 2.05) is 6.92 Å². The van der Waals surface area contributed by atoms with E-state index in [1.54, 1.807) is 24.3 Å². The summed E-state index contributed by atoms with van der Waals surface area (Å²) in [6.45, 7) is 3.18. The van der Waals surface area contributed by atoms with Crippen molar-refractivity contribution in [2.45, 2.75) is 19.8 Å². The molecular weight excluding hydrogens is 283 g/mol. The summed E-state index contributed by atoms with van der Waals surface area (Å²) in [5.41, 5.74) is 0.873. The van der Waals surface area contributed by atoms with Crippen LogP contribution in [0, 0.1) is 5.82 Å². The minimum absolute atomic E-state index is 0.259. The first-order valence-electron chi connectivity index (χ1n) is 7.28. The number of nitrogens with zero attached hydrogens (tertiary/aromatic N) is 2. The van der Waals surface area contributed by atoms with Gasteiger partial charge in [0, 0.05) is 19.2 Å². The Morgan fingerprint density at radius 1 is 1.23 bits per heavy atom. The van der Waals surface area contributed by atoms with Crippen LogP contribution in [0.5, 0.6) is 0 Å². The zero-order valence-electron chi connectivity index (χ0n) is 12.5. The monoisotopic (exact) mass is 302 g/mol. The van der Waals surface area contributed by atoms with E-state index in [4.69, 9.17) is 0 Å². The summed E-state index contributed by atoms with van der Waals surface area (Å²) in [5, 5.41) is 5.83. The van der Waals surface area contributed by atoms with E-state index in [0.29, 0.717) is 30.0 Å². The summed E-state index contributed by atoms with van der Waals surface area (Å²) >= 11 is 0. The molecule has 1 amide bonds. The number of halogens is 1.